The van der Waals surface area contributed by atoms with Crippen molar-refractivity contribution in [3.8, 4) is 16.9 Å². The molecule has 1 N–H and O–H groups in total. The number of urea groups is 1. The summed E-state index contributed by atoms with van der Waals surface area (Å²) in [6.07, 6.45) is -4.73. The summed E-state index contributed by atoms with van der Waals surface area (Å²) in [5.41, 5.74) is 2.00. The fourth-order valence-corrected chi connectivity index (χ4v) is 2.88. The van der Waals surface area contributed by atoms with Crippen molar-refractivity contribution in [3.63, 3.8) is 0 Å². The number of para-hydroxylation sites is 1. The summed E-state index contributed by atoms with van der Waals surface area (Å²) < 4.78 is 40.8. The third-order valence-electron chi connectivity index (χ3n) is 4.36. The van der Waals surface area contributed by atoms with Gasteiger partial charge in [0.15, 0.2) is 0 Å². The molecule has 27 heavy (non-hydrogen) atoms. The predicted molar refractivity (Wildman–Crippen MR) is 96.6 cm³/mol. The van der Waals surface area contributed by atoms with E-state index in [4.69, 9.17) is 0 Å². The standard InChI is InChI=1S/C19H20F3N3O2/c1-24-10-12-25(13-11-24)18(26)23-17-5-3-2-4-16(17)14-6-8-15(9-7-14)27-19(20,21)22/h2-9H,10-13H2,1H3,(H,23,26). The van der Waals surface area contributed by atoms with Gasteiger partial charge in [0.05, 0.1) is 5.69 Å². The normalized spacial score (nSPS) is 15.5. The number of nitrogens with zero attached hydrogens (tertiary/aromatic N) is 2. The number of likely N-dealkylation sites (N-methyl/N-ethyl adjacent to an activating group) is 1. The molecule has 1 saturated heterocycles. The van der Waals surface area contributed by atoms with Crippen molar-refractivity contribution in [2.45, 2.75) is 6.36 Å². The summed E-state index contributed by atoms with van der Waals surface area (Å²) in [5, 5.41) is 2.90. The second kappa shape index (κ2) is 7.87. The number of nitrogens with one attached hydrogen (secondary N) is 1. The highest BCUT2D eigenvalue weighted by Gasteiger charge is 2.31. The number of hydrogen-bond donors (Lipinski definition) is 1. The molecule has 2 aromatic rings. The van der Waals surface area contributed by atoms with E-state index in [1.54, 1.807) is 29.2 Å². The first-order valence-corrected chi connectivity index (χ1v) is 8.51. The average molecular weight is 379 g/mol. The zero-order valence-electron chi connectivity index (χ0n) is 14.8. The molecule has 0 unspecified atom stereocenters. The minimum atomic E-state index is -4.73. The molecular weight excluding hydrogens is 359 g/mol. The van der Waals surface area contributed by atoms with Crippen LogP contribution in [0.25, 0.3) is 11.1 Å². The van der Waals surface area contributed by atoms with E-state index >= 15 is 0 Å². The van der Waals surface area contributed by atoms with Crippen molar-refractivity contribution >= 4 is 11.7 Å². The molecule has 1 fully saturated rings. The molecule has 0 aromatic heterocycles. The molecule has 0 saturated carbocycles. The number of rotatable bonds is 3. The van der Waals surface area contributed by atoms with Gasteiger partial charge >= 0.3 is 12.4 Å². The Bertz CT molecular complexity index is 786. The minimum absolute atomic E-state index is 0.187. The molecule has 1 aliphatic heterocycles. The van der Waals surface area contributed by atoms with Gasteiger partial charge in [0.25, 0.3) is 0 Å². The molecule has 0 bridgehead atoms. The van der Waals surface area contributed by atoms with Crippen LogP contribution in [0.15, 0.2) is 48.5 Å². The number of halogens is 3. The molecule has 0 spiro atoms. The van der Waals surface area contributed by atoms with Gasteiger partial charge < -0.3 is 19.9 Å². The van der Waals surface area contributed by atoms with Crippen molar-refractivity contribution in [1.29, 1.82) is 0 Å². The number of carbonyl (C=O) groups is 1. The summed E-state index contributed by atoms with van der Waals surface area (Å²) in [7, 11) is 2.01. The Morgan fingerprint density at radius 1 is 1.00 bits per heavy atom. The fraction of sp³-hybridized carbons (Fsp3) is 0.316. The quantitative estimate of drug-likeness (QED) is 0.876. The Kier molecular flexibility index (Phi) is 5.55. The maximum atomic E-state index is 12.5. The van der Waals surface area contributed by atoms with Gasteiger partial charge in [0.2, 0.25) is 0 Å². The highest BCUT2D eigenvalue weighted by atomic mass is 19.4. The molecule has 0 aliphatic carbocycles. The lowest BCUT2D eigenvalue weighted by Crippen LogP contribution is -2.48. The van der Waals surface area contributed by atoms with Crippen LogP contribution in [0, 0.1) is 0 Å². The van der Waals surface area contributed by atoms with Crippen LogP contribution >= 0.6 is 0 Å². The third kappa shape index (κ3) is 5.13. The Morgan fingerprint density at radius 3 is 2.26 bits per heavy atom. The van der Waals surface area contributed by atoms with Crippen LogP contribution < -0.4 is 10.1 Å². The average Bonchev–Trinajstić information content (AvgIpc) is 2.62. The van der Waals surface area contributed by atoms with Gasteiger partial charge in [-0.1, -0.05) is 30.3 Å². The van der Waals surface area contributed by atoms with E-state index in [2.05, 4.69) is 15.0 Å². The van der Waals surface area contributed by atoms with E-state index in [-0.39, 0.29) is 11.8 Å². The summed E-state index contributed by atoms with van der Waals surface area (Å²) in [6, 6.07) is 12.6. The first kappa shape index (κ1) is 19.0. The third-order valence-corrected chi connectivity index (χ3v) is 4.36. The van der Waals surface area contributed by atoms with Crippen LogP contribution in [-0.4, -0.2) is 55.4 Å². The smallest absolute Gasteiger partial charge is 0.406 e. The first-order chi connectivity index (χ1) is 12.8. The molecule has 2 amide bonds. The lowest BCUT2D eigenvalue weighted by molar-refractivity contribution is -0.274. The van der Waals surface area contributed by atoms with E-state index in [1.165, 1.54) is 24.3 Å². The van der Waals surface area contributed by atoms with E-state index < -0.39 is 6.36 Å². The SMILES string of the molecule is CN1CCN(C(=O)Nc2ccccc2-c2ccc(OC(F)(F)F)cc2)CC1. The van der Waals surface area contributed by atoms with Crippen LogP contribution in [0.1, 0.15) is 0 Å². The predicted octanol–water partition coefficient (Wildman–Crippen LogP) is 4.03. The second-order valence-electron chi connectivity index (χ2n) is 6.34. The van der Waals surface area contributed by atoms with E-state index in [1.807, 2.05) is 7.05 Å². The molecule has 3 rings (SSSR count). The maximum absolute atomic E-state index is 12.5. The second-order valence-corrected chi connectivity index (χ2v) is 6.34. The van der Waals surface area contributed by atoms with Crippen LogP contribution in [-0.2, 0) is 0 Å². The summed E-state index contributed by atoms with van der Waals surface area (Å²) in [6.45, 7) is 2.92. The maximum Gasteiger partial charge on any atom is 0.573 e. The van der Waals surface area contributed by atoms with Crippen molar-refractivity contribution in [1.82, 2.24) is 9.80 Å². The van der Waals surface area contributed by atoms with Crippen molar-refractivity contribution in [3.05, 3.63) is 48.5 Å². The lowest BCUT2D eigenvalue weighted by Gasteiger charge is -2.32. The zero-order valence-corrected chi connectivity index (χ0v) is 14.8. The highest BCUT2D eigenvalue weighted by molar-refractivity contribution is 5.94. The number of carbonyl (C=O) groups excluding carboxylic acids is 1. The van der Waals surface area contributed by atoms with Crippen LogP contribution in [0.3, 0.4) is 0 Å². The Balaban J connectivity index is 1.75. The van der Waals surface area contributed by atoms with Crippen LogP contribution in [0.2, 0.25) is 0 Å². The van der Waals surface area contributed by atoms with Gasteiger partial charge in [-0.25, -0.2) is 4.79 Å². The molecule has 144 valence electrons. The molecule has 0 atom stereocenters. The largest absolute Gasteiger partial charge is 0.573 e. The van der Waals surface area contributed by atoms with E-state index in [9.17, 15) is 18.0 Å². The Hall–Kier alpha value is -2.74. The minimum Gasteiger partial charge on any atom is -0.406 e. The van der Waals surface area contributed by atoms with Crippen molar-refractivity contribution in [2.75, 3.05) is 38.5 Å². The molecule has 8 heteroatoms. The number of piperazine rings is 1. The topological polar surface area (TPSA) is 44.8 Å². The molecule has 1 aliphatic rings. The zero-order chi connectivity index (χ0) is 19.4. The van der Waals surface area contributed by atoms with Crippen LogP contribution in [0.5, 0.6) is 5.75 Å². The monoisotopic (exact) mass is 379 g/mol. The molecule has 0 radical (unpaired) electrons. The first-order valence-electron chi connectivity index (χ1n) is 8.51. The van der Waals surface area contributed by atoms with Gasteiger partial charge in [-0.3, -0.25) is 0 Å². The number of anilines is 1. The van der Waals surface area contributed by atoms with Gasteiger partial charge in [0.1, 0.15) is 5.75 Å². The van der Waals surface area contributed by atoms with Crippen molar-refractivity contribution in [2.24, 2.45) is 0 Å². The molecule has 2 aromatic carbocycles. The fourth-order valence-electron chi connectivity index (χ4n) is 2.88. The molecule has 1 heterocycles. The number of hydrogen-bond acceptors (Lipinski definition) is 3. The summed E-state index contributed by atoms with van der Waals surface area (Å²) >= 11 is 0. The van der Waals surface area contributed by atoms with Gasteiger partial charge in [-0.2, -0.15) is 0 Å². The Morgan fingerprint density at radius 2 is 1.63 bits per heavy atom. The molecule has 5 nitrogen and oxygen atoms in total. The highest BCUT2D eigenvalue weighted by Crippen LogP contribution is 2.31. The summed E-state index contributed by atoms with van der Waals surface area (Å²) in [5.74, 6) is -0.287. The number of benzene rings is 2. The number of ether oxygens (including phenoxy) is 1. The molecular formula is C19H20F3N3O2. The van der Waals surface area contributed by atoms with Gasteiger partial charge in [0, 0.05) is 31.7 Å². The van der Waals surface area contributed by atoms with Crippen molar-refractivity contribution < 1.29 is 22.7 Å². The Labute approximate surface area is 155 Å². The van der Waals surface area contributed by atoms with Gasteiger partial charge in [-0.05, 0) is 30.8 Å². The summed E-state index contributed by atoms with van der Waals surface area (Å²) in [4.78, 5) is 16.4. The lowest BCUT2D eigenvalue weighted by atomic mass is 10.0. The van der Waals surface area contributed by atoms with Crippen LogP contribution in [0.4, 0.5) is 23.7 Å². The number of alkyl halides is 3. The van der Waals surface area contributed by atoms with E-state index in [0.717, 1.165) is 18.7 Å². The van der Waals surface area contributed by atoms with Gasteiger partial charge in [-0.15, -0.1) is 13.2 Å². The van der Waals surface area contributed by atoms with E-state index in [0.29, 0.717) is 24.3 Å². The number of amides is 2.